The monoisotopic (exact) mass is 551 g/mol. The van der Waals surface area contributed by atoms with Crippen molar-refractivity contribution in [1.29, 1.82) is 0 Å². The van der Waals surface area contributed by atoms with E-state index in [4.69, 9.17) is 8.85 Å². The van der Waals surface area contributed by atoms with Crippen molar-refractivity contribution >= 4 is 34.0 Å². The van der Waals surface area contributed by atoms with Gasteiger partial charge in [0.2, 0.25) is 0 Å². The number of hydrogen-bond acceptors (Lipinski definition) is 4. The van der Waals surface area contributed by atoms with E-state index in [0.717, 1.165) is 30.2 Å². The van der Waals surface area contributed by atoms with Crippen LogP contribution in [0.5, 0.6) is 0 Å². The molecule has 36 heavy (non-hydrogen) atoms. The Balaban J connectivity index is 2.77. The number of rotatable bonds is 13. The maximum Gasteiger partial charge on any atom is 0.192 e. The van der Waals surface area contributed by atoms with Crippen LogP contribution in [-0.4, -0.2) is 34.3 Å². The molecule has 0 N–H and O–H groups in total. The van der Waals surface area contributed by atoms with Gasteiger partial charge in [0, 0.05) is 12.0 Å². The molecule has 3 nitrogen and oxygen atoms in total. The van der Waals surface area contributed by atoms with E-state index in [9.17, 15) is 0 Å². The molecule has 2 atom stereocenters. The first-order valence-electron chi connectivity index (χ1n) is 13.8. The number of hydrogen-bond donors (Lipinski definition) is 0. The highest BCUT2D eigenvalue weighted by Gasteiger charge is 2.39. The molecular weight excluding hydrogens is 495 g/mol. The third-order valence-electron chi connectivity index (χ3n) is 8.25. The van der Waals surface area contributed by atoms with E-state index in [2.05, 4.69) is 118 Å². The van der Waals surface area contributed by atoms with Gasteiger partial charge in [0.1, 0.15) is 0 Å². The lowest BCUT2D eigenvalue weighted by Crippen LogP contribution is -2.44. The quantitative estimate of drug-likeness (QED) is 0.180. The zero-order valence-corrected chi connectivity index (χ0v) is 28.9. The third kappa shape index (κ3) is 11.1. The average molecular weight is 552 g/mol. The van der Waals surface area contributed by atoms with Crippen LogP contribution in [0.1, 0.15) is 98.7 Å². The van der Waals surface area contributed by atoms with Gasteiger partial charge < -0.3 is 8.85 Å². The third-order valence-corrected chi connectivity index (χ3v) is 18.0. The Morgan fingerprint density at radius 2 is 1.61 bits per heavy atom. The fourth-order valence-electron chi connectivity index (χ4n) is 3.42. The second-order valence-electron chi connectivity index (χ2n) is 13.9. The molecule has 0 aliphatic carbocycles. The molecular formula is C30H57NO2SSi2. The summed E-state index contributed by atoms with van der Waals surface area (Å²) in [5, 5.41) is 3.71. The van der Waals surface area contributed by atoms with Crippen molar-refractivity contribution in [2.45, 2.75) is 137 Å². The molecule has 0 aromatic carbocycles. The van der Waals surface area contributed by atoms with E-state index in [1.54, 1.807) is 11.3 Å². The van der Waals surface area contributed by atoms with Crippen LogP contribution in [0.3, 0.4) is 0 Å². The highest BCUT2D eigenvalue weighted by molar-refractivity contribution is 7.09. The molecule has 6 heteroatoms. The van der Waals surface area contributed by atoms with Gasteiger partial charge in [0.15, 0.2) is 16.6 Å². The normalized spacial score (nSPS) is 16.4. The zero-order valence-electron chi connectivity index (χ0n) is 26.1. The summed E-state index contributed by atoms with van der Waals surface area (Å²) in [7, 11) is -3.55. The molecule has 1 rings (SSSR count). The molecule has 0 spiro atoms. The van der Waals surface area contributed by atoms with Crippen LogP contribution >= 0.6 is 11.3 Å². The molecule has 208 valence electrons. The van der Waals surface area contributed by atoms with Gasteiger partial charge in [-0.25, -0.2) is 4.98 Å². The minimum absolute atomic E-state index is 0.0970. The van der Waals surface area contributed by atoms with Crippen LogP contribution in [0.25, 0.3) is 6.08 Å². The largest absolute Gasteiger partial charge is 0.417 e. The maximum atomic E-state index is 6.92. The Kier molecular flexibility index (Phi) is 12.6. The summed E-state index contributed by atoms with van der Waals surface area (Å²) < 4.78 is 13.4. The Bertz CT molecular complexity index is 872. The van der Waals surface area contributed by atoms with E-state index in [1.807, 2.05) is 0 Å². The molecule has 0 saturated heterocycles. The van der Waals surface area contributed by atoms with Gasteiger partial charge in [-0.1, -0.05) is 60.1 Å². The van der Waals surface area contributed by atoms with Crippen LogP contribution in [0.2, 0.25) is 36.3 Å². The summed E-state index contributed by atoms with van der Waals surface area (Å²) >= 11 is 1.70. The van der Waals surface area contributed by atoms with Crippen molar-refractivity contribution in [3.05, 3.63) is 33.3 Å². The first-order valence-corrected chi connectivity index (χ1v) is 20.5. The number of aryl methyl sites for hydroxylation is 1. The van der Waals surface area contributed by atoms with Crippen LogP contribution in [0, 0.1) is 12.8 Å². The van der Waals surface area contributed by atoms with E-state index < -0.39 is 16.6 Å². The van der Waals surface area contributed by atoms with Gasteiger partial charge in [0.25, 0.3) is 0 Å². The molecule has 0 aliphatic rings. The summed E-state index contributed by atoms with van der Waals surface area (Å²) in [4.78, 5) is 4.65. The van der Waals surface area contributed by atoms with Gasteiger partial charge in [-0.2, -0.15) is 0 Å². The molecule has 1 heterocycles. The lowest BCUT2D eigenvalue weighted by Gasteiger charge is -2.39. The minimum atomic E-state index is -1.89. The van der Waals surface area contributed by atoms with Crippen molar-refractivity contribution < 1.29 is 8.85 Å². The molecule has 0 amide bonds. The summed E-state index contributed by atoms with van der Waals surface area (Å²) in [5.41, 5.74) is 3.78. The van der Waals surface area contributed by atoms with Gasteiger partial charge in [0.05, 0.1) is 16.8 Å². The fourth-order valence-corrected chi connectivity index (χ4v) is 6.47. The highest BCUT2D eigenvalue weighted by Crippen LogP contribution is 2.39. The molecule has 0 radical (unpaired) electrons. The zero-order chi connectivity index (χ0) is 27.9. The van der Waals surface area contributed by atoms with Gasteiger partial charge >= 0.3 is 0 Å². The summed E-state index contributed by atoms with van der Waals surface area (Å²) in [6, 6.07) is 0. The van der Waals surface area contributed by atoms with Crippen LogP contribution in [-0.2, 0) is 8.85 Å². The van der Waals surface area contributed by atoms with E-state index in [1.165, 1.54) is 24.0 Å². The summed E-state index contributed by atoms with van der Waals surface area (Å²) in [6.45, 7) is 33.1. The summed E-state index contributed by atoms with van der Waals surface area (Å²) in [5.74, 6) is 0.605. The summed E-state index contributed by atoms with van der Waals surface area (Å²) in [6.07, 6.45) is 9.22. The predicted octanol–water partition coefficient (Wildman–Crippen LogP) is 10.4. The Hall–Kier alpha value is -0.536. The van der Waals surface area contributed by atoms with Crippen LogP contribution < -0.4 is 0 Å². The van der Waals surface area contributed by atoms with Crippen LogP contribution in [0.4, 0.5) is 0 Å². The predicted molar refractivity (Wildman–Crippen MR) is 167 cm³/mol. The smallest absolute Gasteiger partial charge is 0.192 e. The van der Waals surface area contributed by atoms with Crippen molar-refractivity contribution in [2.24, 2.45) is 5.92 Å². The van der Waals surface area contributed by atoms with E-state index >= 15 is 0 Å². The average Bonchev–Trinajstić information content (AvgIpc) is 3.12. The number of aromatic nitrogens is 1. The SMILES string of the molecule is CC(=CC[C@H](O[Si](C)(C)C(C)(C)C)C(C)=Cc1csc(C)n1)CCC[C@H](C)CO[Si](C)(C)C(C)(C)C. The van der Waals surface area contributed by atoms with Gasteiger partial charge in [-0.3, -0.25) is 0 Å². The van der Waals surface area contributed by atoms with Gasteiger partial charge in [-0.05, 0) is 100 Å². The van der Waals surface area contributed by atoms with Gasteiger partial charge in [-0.15, -0.1) is 11.3 Å². The standard InChI is InChI=1S/C30H57NO2SSi2/c1-23(16-15-17-24(2)21-32-35(11,12)29(5,6)7)18-19-28(33-36(13,14)30(8,9)10)25(3)20-27-22-34-26(4)31-27/h18,20,22,24,28H,15-17,19,21H2,1-14H3/t24-,28-/m0/s1. The molecule has 0 aliphatic heterocycles. The topological polar surface area (TPSA) is 31.4 Å². The fraction of sp³-hybridized carbons (Fsp3) is 0.767. The number of thiazole rings is 1. The number of nitrogens with zero attached hydrogens (tertiary/aromatic N) is 1. The second-order valence-corrected chi connectivity index (χ2v) is 24.5. The Morgan fingerprint density at radius 3 is 2.11 bits per heavy atom. The van der Waals surface area contributed by atoms with E-state index in [-0.39, 0.29) is 16.2 Å². The van der Waals surface area contributed by atoms with Crippen molar-refractivity contribution in [3.63, 3.8) is 0 Å². The first kappa shape index (κ1) is 33.5. The molecule has 0 unspecified atom stereocenters. The van der Waals surface area contributed by atoms with Crippen molar-refractivity contribution in [1.82, 2.24) is 4.98 Å². The highest BCUT2D eigenvalue weighted by atomic mass is 32.1. The van der Waals surface area contributed by atoms with E-state index in [0.29, 0.717) is 5.92 Å². The molecule has 0 fully saturated rings. The molecule has 1 aromatic rings. The first-order chi connectivity index (χ1) is 16.2. The minimum Gasteiger partial charge on any atom is -0.417 e. The molecule has 1 aromatic heterocycles. The second kappa shape index (κ2) is 13.5. The van der Waals surface area contributed by atoms with Crippen LogP contribution in [0.15, 0.2) is 22.6 Å². The number of allylic oxidation sites excluding steroid dienone is 1. The lowest BCUT2D eigenvalue weighted by molar-refractivity contribution is 0.217. The van der Waals surface area contributed by atoms with Crippen molar-refractivity contribution in [2.75, 3.05) is 6.61 Å². The Labute approximate surface area is 230 Å². The van der Waals surface area contributed by atoms with Crippen molar-refractivity contribution in [3.8, 4) is 0 Å². The Morgan fingerprint density at radius 1 is 1.03 bits per heavy atom. The lowest BCUT2D eigenvalue weighted by atomic mass is 10.0. The molecule has 0 saturated carbocycles. The molecule has 0 bridgehead atoms. The maximum absolute atomic E-state index is 6.92.